The summed E-state index contributed by atoms with van der Waals surface area (Å²) in [6, 6.07) is 15.7. The first-order valence-electron chi connectivity index (χ1n) is 6.18. The molecular formula is C16H12ClNOS. The van der Waals surface area contributed by atoms with E-state index in [0.717, 1.165) is 22.6 Å². The predicted octanol–water partition coefficient (Wildman–Crippen LogP) is 5.04. The fourth-order valence-electron chi connectivity index (χ4n) is 1.91. The maximum absolute atomic E-state index is 6.07. The van der Waals surface area contributed by atoms with Crippen LogP contribution in [0.3, 0.4) is 0 Å². The Morgan fingerprint density at radius 1 is 1.10 bits per heavy atom. The standard InChI is InChI=1S/C16H12ClNOS/c17-13-6-7-16(14(8-13)15-10-20-11-18-15)19-9-12-4-2-1-3-5-12/h1-8,10-11H,9H2. The molecule has 4 heteroatoms. The number of hydrogen-bond donors (Lipinski definition) is 0. The Morgan fingerprint density at radius 2 is 1.95 bits per heavy atom. The van der Waals surface area contributed by atoms with E-state index in [1.807, 2.05) is 53.9 Å². The summed E-state index contributed by atoms with van der Waals surface area (Å²) in [6.07, 6.45) is 0. The molecule has 0 fully saturated rings. The van der Waals surface area contributed by atoms with Crippen LogP contribution in [-0.2, 0) is 6.61 Å². The summed E-state index contributed by atoms with van der Waals surface area (Å²) in [5.41, 5.74) is 4.75. The summed E-state index contributed by atoms with van der Waals surface area (Å²) >= 11 is 7.62. The molecule has 0 spiro atoms. The monoisotopic (exact) mass is 301 g/mol. The third-order valence-electron chi connectivity index (χ3n) is 2.89. The molecule has 20 heavy (non-hydrogen) atoms. The number of ether oxygens (including phenoxy) is 1. The lowest BCUT2D eigenvalue weighted by Gasteiger charge is -2.10. The molecule has 100 valence electrons. The number of rotatable bonds is 4. The van der Waals surface area contributed by atoms with E-state index < -0.39 is 0 Å². The van der Waals surface area contributed by atoms with Gasteiger partial charge in [-0.15, -0.1) is 11.3 Å². The van der Waals surface area contributed by atoms with Gasteiger partial charge in [0.05, 0.1) is 11.2 Å². The smallest absolute Gasteiger partial charge is 0.129 e. The van der Waals surface area contributed by atoms with Gasteiger partial charge in [0.2, 0.25) is 0 Å². The van der Waals surface area contributed by atoms with Gasteiger partial charge >= 0.3 is 0 Å². The Labute approximate surface area is 126 Å². The number of hydrogen-bond acceptors (Lipinski definition) is 3. The Hall–Kier alpha value is -1.84. The first kappa shape index (κ1) is 13.2. The zero-order valence-corrected chi connectivity index (χ0v) is 12.2. The minimum Gasteiger partial charge on any atom is -0.488 e. The van der Waals surface area contributed by atoms with E-state index in [1.165, 1.54) is 0 Å². The van der Waals surface area contributed by atoms with Crippen LogP contribution in [0, 0.1) is 0 Å². The van der Waals surface area contributed by atoms with Gasteiger partial charge in [-0.3, -0.25) is 0 Å². The van der Waals surface area contributed by atoms with Crippen molar-refractivity contribution in [3.63, 3.8) is 0 Å². The van der Waals surface area contributed by atoms with Crippen molar-refractivity contribution in [2.75, 3.05) is 0 Å². The van der Waals surface area contributed by atoms with E-state index in [2.05, 4.69) is 4.98 Å². The zero-order chi connectivity index (χ0) is 13.8. The van der Waals surface area contributed by atoms with Crippen molar-refractivity contribution in [3.05, 3.63) is 70.0 Å². The number of benzene rings is 2. The average molecular weight is 302 g/mol. The van der Waals surface area contributed by atoms with Gasteiger partial charge in [-0.05, 0) is 23.8 Å². The summed E-state index contributed by atoms with van der Waals surface area (Å²) in [5, 5.41) is 2.67. The molecule has 0 aliphatic carbocycles. The largest absolute Gasteiger partial charge is 0.488 e. The lowest BCUT2D eigenvalue weighted by atomic mass is 10.1. The zero-order valence-electron chi connectivity index (χ0n) is 10.6. The molecule has 0 atom stereocenters. The highest BCUT2D eigenvalue weighted by atomic mass is 35.5. The van der Waals surface area contributed by atoms with Crippen LogP contribution in [-0.4, -0.2) is 4.98 Å². The first-order valence-corrected chi connectivity index (χ1v) is 7.50. The summed E-state index contributed by atoms with van der Waals surface area (Å²) < 4.78 is 5.91. The first-order chi connectivity index (χ1) is 9.83. The van der Waals surface area contributed by atoms with E-state index >= 15 is 0 Å². The minimum atomic E-state index is 0.527. The van der Waals surface area contributed by atoms with Crippen LogP contribution in [0.25, 0.3) is 11.3 Å². The van der Waals surface area contributed by atoms with Gasteiger partial charge in [0.15, 0.2) is 0 Å². The molecule has 0 unspecified atom stereocenters. The highest BCUT2D eigenvalue weighted by molar-refractivity contribution is 7.07. The maximum atomic E-state index is 6.07. The van der Waals surface area contributed by atoms with Crippen molar-refractivity contribution in [1.29, 1.82) is 0 Å². The molecule has 1 heterocycles. The molecule has 3 aromatic rings. The lowest BCUT2D eigenvalue weighted by Crippen LogP contribution is -1.96. The molecule has 0 aliphatic rings. The molecular weight excluding hydrogens is 290 g/mol. The number of thiazole rings is 1. The predicted molar refractivity (Wildman–Crippen MR) is 83.3 cm³/mol. The fraction of sp³-hybridized carbons (Fsp3) is 0.0625. The van der Waals surface area contributed by atoms with Gasteiger partial charge < -0.3 is 4.74 Å². The molecule has 0 aliphatic heterocycles. The highest BCUT2D eigenvalue weighted by Crippen LogP contribution is 2.32. The molecule has 0 amide bonds. The highest BCUT2D eigenvalue weighted by Gasteiger charge is 2.09. The Balaban J connectivity index is 1.86. The second kappa shape index (κ2) is 6.07. The van der Waals surface area contributed by atoms with Gasteiger partial charge in [0, 0.05) is 16.0 Å². The van der Waals surface area contributed by atoms with Crippen molar-refractivity contribution >= 4 is 22.9 Å². The Morgan fingerprint density at radius 3 is 2.70 bits per heavy atom. The van der Waals surface area contributed by atoms with Gasteiger partial charge in [-0.1, -0.05) is 41.9 Å². The molecule has 0 saturated carbocycles. The van der Waals surface area contributed by atoms with Crippen molar-refractivity contribution in [1.82, 2.24) is 4.98 Å². The van der Waals surface area contributed by atoms with Crippen molar-refractivity contribution in [2.45, 2.75) is 6.61 Å². The molecule has 0 bridgehead atoms. The summed E-state index contributed by atoms with van der Waals surface area (Å²) in [7, 11) is 0. The number of halogens is 1. The van der Waals surface area contributed by atoms with Gasteiger partial charge in [0.1, 0.15) is 12.4 Å². The summed E-state index contributed by atoms with van der Waals surface area (Å²) in [6.45, 7) is 0.527. The van der Waals surface area contributed by atoms with Gasteiger partial charge in [-0.25, -0.2) is 4.98 Å². The summed E-state index contributed by atoms with van der Waals surface area (Å²) in [4.78, 5) is 4.32. The van der Waals surface area contributed by atoms with Crippen LogP contribution >= 0.6 is 22.9 Å². The third-order valence-corrected chi connectivity index (χ3v) is 3.71. The molecule has 3 rings (SSSR count). The van der Waals surface area contributed by atoms with E-state index in [4.69, 9.17) is 16.3 Å². The second-order valence-corrected chi connectivity index (χ2v) is 5.44. The van der Waals surface area contributed by atoms with E-state index in [9.17, 15) is 0 Å². The van der Waals surface area contributed by atoms with Crippen LogP contribution in [0.1, 0.15) is 5.56 Å². The Bertz CT molecular complexity index is 683. The topological polar surface area (TPSA) is 22.1 Å². The van der Waals surface area contributed by atoms with Crippen LogP contribution in [0.15, 0.2) is 59.4 Å². The van der Waals surface area contributed by atoms with Gasteiger partial charge in [0.25, 0.3) is 0 Å². The number of nitrogens with zero attached hydrogens (tertiary/aromatic N) is 1. The molecule has 0 N–H and O–H groups in total. The second-order valence-electron chi connectivity index (χ2n) is 4.29. The molecule has 2 aromatic carbocycles. The van der Waals surface area contributed by atoms with Crippen LogP contribution in [0.5, 0.6) is 5.75 Å². The minimum absolute atomic E-state index is 0.527. The van der Waals surface area contributed by atoms with Crippen molar-refractivity contribution in [2.24, 2.45) is 0 Å². The van der Waals surface area contributed by atoms with E-state index in [-0.39, 0.29) is 0 Å². The molecule has 0 saturated heterocycles. The molecule has 0 radical (unpaired) electrons. The van der Waals surface area contributed by atoms with Crippen molar-refractivity contribution < 1.29 is 4.74 Å². The maximum Gasteiger partial charge on any atom is 0.129 e. The number of aromatic nitrogens is 1. The van der Waals surface area contributed by atoms with E-state index in [0.29, 0.717) is 11.6 Å². The van der Waals surface area contributed by atoms with Gasteiger partial charge in [-0.2, -0.15) is 0 Å². The summed E-state index contributed by atoms with van der Waals surface area (Å²) in [5.74, 6) is 0.796. The van der Waals surface area contributed by atoms with Crippen molar-refractivity contribution in [3.8, 4) is 17.0 Å². The van der Waals surface area contributed by atoms with Crippen LogP contribution in [0.2, 0.25) is 5.02 Å². The van der Waals surface area contributed by atoms with Crippen LogP contribution < -0.4 is 4.74 Å². The molecule has 2 nitrogen and oxygen atoms in total. The fourth-order valence-corrected chi connectivity index (χ4v) is 2.63. The Kier molecular flexibility index (Phi) is 4.00. The third kappa shape index (κ3) is 3.00. The quantitative estimate of drug-likeness (QED) is 0.673. The van der Waals surface area contributed by atoms with Crippen LogP contribution in [0.4, 0.5) is 0 Å². The normalized spacial score (nSPS) is 10.4. The van der Waals surface area contributed by atoms with E-state index in [1.54, 1.807) is 16.8 Å². The molecule has 1 aromatic heterocycles. The average Bonchev–Trinajstić information content (AvgIpc) is 3.01. The SMILES string of the molecule is Clc1ccc(OCc2ccccc2)c(-c2cscn2)c1. The lowest BCUT2D eigenvalue weighted by molar-refractivity contribution is 0.307.